The lowest BCUT2D eigenvalue weighted by atomic mass is 10.2. The number of ether oxygens (including phenoxy) is 2. The number of rotatable bonds is 7. The molecule has 2 aromatic carbocycles. The summed E-state index contributed by atoms with van der Waals surface area (Å²) in [7, 11) is 3.13. The van der Waals surface area contributed by atoms with E-state index < -0.39 is 0 Å². The molecule has 0 aliphatic carbocycles. The topological polar surface area (TPSA) is 59.6 Å². The number of hydrogen-bond donors (Lipinski definition) is 2. The zero-order chi connectivity index (χ0) is 17.5. The highest BCUT2D eigenvalue weighted by molar-refractivity contribution is 6.30. The van der Waals surface area contributed by atoms with Gasteiger partial charge < -0.3 is 20.1 Å². The molecule has 0 unspecified atom stereocenters. The molecule has 0 heterocycles. The number of benzene rings is 2. The largest absolute Gasteiger partial charge is 0.497 e. The van der Waals surface area contributed by atoms with Crippen LogP contribution in [0.4, 0.5) is 11.4 Å². The van der Waals surface area contributed by atoms with Crippen molar-refractivity contribution in [3.05, 3.63) is 47.0 Å². The average Bonchev–Trinajstić information content (AvgIpc) is 2.57. The minimum Gasteiger partial charge on any atom is -0.497 e. The molecule has 0 saturated carbocycles. The van der Waals surface area contributed by atoms with Crippen LogP contribution in [0.3, 0.4) is 0 Å². The molecule has 1 amide bonds. The maximum Gasteiger partial charge on any atom is 0.226 e. The first-order valence-corrected chi connectivity index (χ1v) is 7.93. The summed E-state index contributed by atoms with van der Waals surface area (Å²) in [5.41, 5.74) is 2.62. The molecule has 128 valence electrons. The molecule has 2 aromatic rings. The highest BCUT2D eigenvalue weighted by atomic mass is 35.5. The standard InChI is InChI=1S/C18H21ClN2O3/c1-12-10-13(19)4-6-15(12)20-9-8-18(22)21-16-7-5-14(23-2)11-17(16)24-3/h4-7,10-11,20H,8-9H2,1-3H3,(H,21,22). The fraction of sp³-hybridized carbons (Fsp3) is 0.278. The molecule has 2 N–H and O–H groups in total. The van der Waals surface area contributed by atoms with Gasteiger partial charge in [-0.2, -0.15) is 0 Å². The van der Waals surface area contributed by atoms with Gasteiger partial charge >= 0.3 is 0 Å². The second-order valence-corrected chi connectivity index (χ2v) is 5.69. The number of aryl methyl sites for hydroxylation is 1. The molecule has 24 heavy (non-hydrogen) atoms. The molecule has 0 spiro atoms. The highest BCUT2D eigenvalue weighted by Gasteiger charge is 2.09. The third-order valence-electron chi connectivity index (χ3n) is 3.54. The van der Waals surface area contributed by atoms with Crippen LogP contribution in [-0.2, 0) is 4.79 Å². The van der Waals surface area contributed by atoms with Crippen molar-refractivity contribution in [3.63, 3.8) is 0 Å². The fourth-order valence-corrected chi connectivity index (χ4v) is 2.48. The van der Waals surface area contributed by atoms with Gasteiger partial charge in [0.25, 0.3) is 0 Å². The summed E-state index contributed by atoms with van der Waals surface area (Å²) in [4.78, 5) is 12.1. The Hall–Kier alpha value is -2.40. The summed E-state index contributed by atoms with van der Waals surface area (Å²) >= 11 is 5.93. The summed E-state index contributed by atoms with van der Waals surface area (Å²) in [6, 6.07) is 10.9. The molecule has 0 aromatic heterocycles. The lowest BCUT2D eigenvalue weighted by Crippen LogP contribution is -2.17. The van der Waals surface area contributed by atoms with Crippen molar-refractivity contribution < 1.29 is 14.3 Å². The number of carbonyl (C=O) groups is 1. The van der Waals surface area contributed by atoms with Gasteiger partial charge in [-0.25, -0.2) is 0 Å². The van der Waals surface area contributed by atoms with Gasteiger partial charge in [-0.1, -0.05) is 11.6 Å². The normalized spacial score (nSPS) is 10.2. The van der Waals surface area contributed by atoms with Crippen molar-refractivity contribution in [2.45, 2.75) is 13.3 Å². The van der Waals surface area contributed by atoms with Gasteiger partial charge in [0.2, 0.25) is 5.91 Å². The van der Waals surface area contributed by atoms with Crippen molar-refractivity contribution in [2.75, 3.05) is 31.4 Å². The van der Waals surface area contributed by atoms with E-state index >= 15 is 0 Å². The van der Waals surface area contributed by atoms with E-state index in [0.717, 1.165) is 11.3 Å². The Morgan fingerprint density at radius 2 is 1.83 bits per heavy atom. The Bertz CT molecular complexity index is 719. The Labute approximate surface area is 146 Å². The van der Waals surface area contributed by atoms with Gasteiger partial charge in [0.15, 0.2) is 0 Å². The number of carbonyl (C=O) groups excluding carboxylic acids is 1. The van der Waals surface area contributed by atoms with Crippen LogP contribution in [0.1, 0.15) is 12.0 Å². The number of anilines is 2. The predicted molar refractivity (Wildman–Crippen MR) is 97.5 cm³/mol. The van der Waals surface area contributed by atoms with Crippen LogP contribution in [0.5, 0.6) is 11.5 Å². The van der Waals surface area contributed by atoms with E-state index in [-0.39, 0.29) is 5.91 Å². The molecule has 0 fully saturated rings. The number of methoxy groups -OCH3 is 2. The number of halogens is 1. The highest BCUT2D eigenvalue weighted by Crippen LogP contribution is 2.29. The summed E-state index contributed by atoms with van der Waals surface area (Å²) in [6.45, 7) is 2.49. The SMILES string of the molecule is COc1ccc(NC(=O)CCNc2ccc(Cl)cc2C)c(OC)c1. The fourth-order valence-electron chi connectivity index (χ4n) is 2.25. The first-order chi connectivity index (χ1) is 11.5. The van der Waals surface area contributed by atoms with Crippen LogP contribution in [0.25, 0.3) is 0 Å². The van der Waals surface area contributed by atoms with E-state index in [1.54, 1.807) is 32.4 Å². The maximum atomic E-state index is 12.1. The van der Waals surface area contributed by atoms with Crippen molar-refractivity contribution in [3.8, 4) is 11.5 Å². The van der Waals surface area contributed by atoms with E-state index in [0.29, 0.717) is 35.2 Å². The van der Waals surface area contributed by atoms with Crippen molar-refractivity contribution in [2.24, 2.45) is 0 Å². The molecule has 6 heteroatoms. The molecular weight excluding hydrogens is 328 g/mol. The predicted octanol–water partition coefficient (Wildman–Crippen LogP) is 4.11. The van der Waals surface area contributed by atoms with Gasteiger partial charge in [0.1, 0.15) is 11.5 Å². The monoisotopic (exact) mass is 348 g/mol. The van der Waals surface area contributed by atoms with E-state index in [1.165, 1.54) is 0 Å². The van der Waals surface area contributed by atoms with Gasteiger partial charge in [0, 0.05) is 29.7 Å². The summed E-state index contributed by atoms with van der Waals surface area (Å²) < 4.78 is 10.4. The van der Waals surface area contributed by atoms with Crippen LogP contribution in [0.2, 0.25) is 5.02 Å². The molecule has 0 radical (unpaired) electrons. The van der Waals surface area contributed by atoms with Crippen molar-refractivity contribution in [1.29, 1.82) is 0 Å². The molecule has 5 nitrogen and oxygen atoms in total. The number of amides is 1. The Morgan fingerprint density at radius 1 is 1.08 bits per heavy atom. The maximum absolute atomic E-state index is 12.1. The molecule has 0 aliphatic heterocycles. The average molecular weight is 349 g/mol. The van der Waals surface area contributed by atoms with E-state index in [9.17, 15) is 4.79 Å². The minimum absolute atomic E-state index is 0.0995. The molecule has 0 aliphatic rings. The summed E-state index contributed by atoms with van der Waals surface area (Å²) in [5.74, 6) is 1.13. The first-order valence-electron chi connectivity index (χ1n) is 7.55. The zero-order valence-corrected chi connectivity index (χ0v) is 14.7. The van der Waals surface area contributed by atoms with Gasteiger partial charge in [-0.3, -0.25) is 4.79 Å². The van der Waals surface area contributed by atoms with Crippen molar-refractivity contribution >= 4 is 28.9 Å². The molecular formula is C18H21ClN2O3. The second kappa shape index (κ2) is 8.45. The number of nitrogens with one attached hydrogen (secondary N) is 2. The summed E-state index contributed by atoms with van der Waals surface area (Å²) in [5, 5.41) is 6.77. The van der Waals surface area contributed by atoms with Crippen LogP contribution < -0.4 is 20.1 Å². The Balaban J connectivity index is 1.89. The second-order valence-electron chi connectivity index (χ2n) is 5.25. The van der Waals surface area contributed by atoms with Crippen molar-refractivity contribution in [1.82, 2.24) is 0 Å². The Kier molecular flexibility index (Phi) is 6.32. The van der Waals surface area contributed by atoms with E-state index in [2.05, 4.69) is 10.6 Å². The van der Waals surface area contributed by atoms with Gasteiger partial charge in [-0.15, -0.1) is 0 Å². The third-order valence-corrected chi connectivity index (χ3v) is 3.77. The third kappa shape index (κ3) is 4.80. The molecule has 0 saturated heterocycles. The minimum atomic E-state index is -0.0995. The zero-order valence-electron chi connectivity index (χ0n) is 14.0. The molecule has 0 bridgehead atoms. The lowest BCUT2D eigenvalue weighted by Gasteiger charge is -2.12. The van der Waals surface area contributed by atoms with Gasteiger partial charge in [-0.05, 0) is 42.8 Å². The summed E-state index contributed by atoms with van der Waals surface area (Å²) in [6.07, 6.45) is 0.331. The molecule has 2 rings (SSSR count). The van der Waals surface area contributed by atoms with Gasteiger partial charge in [0.05, 0.1) is 19.9 Å². The van der Waals surface area contributed by atoms with Crippen LogP contribution >= 0.6 is 11.6 Å². The van der Waals surface area contributed by atoms with Crippen LogP contribution in [-0.4, -0.2) is 26.7 Å². The quantitative estimate of drug-likeness (QED) is 0.790. The smallest absolute Gasteiger partial charge is 0.226 e. The van der Waals surface area contributed by atoms with E-state index in [4.69, 9.17) is 21.1 Å². The Morgan fingerprint density at radius 3 is 2.50 bits per heavy atom. The van der Waals surface area contributed by atoms with E-state index in [1.807, 2.05) is 25.1 Å². The van der Waals surface area contributed by atoms with Crippen LogP contribution in [0.15, 0.2) is 36.4 Å². The first kappa shape index (κ1) is 17.9. The lowest BCUT2D eigenvalue weighted by molar-refractivity contribution is -0.116. The van der Waals surface area contributed by atoms with Crippen LogP contribution in [0, 0.1) is 6.92 Å². The molecule has 0 atom stereocenters. The number of hydrogen-bond acceptors (Lipinski definition) is 4.